The summed E-state index contributed by atoms with van der Waals surface area (Å²) in [6.07, 6.45) is 3.11. The number of para-hydroxylation sites is 1. The molecule has 17 heteroatoms. The van der Waals surface area contributed by atoms with Crippen molar-refractivity contribution in [3.8, 4) is 5.88 Å². The molecule has 0 spiro atoms. The van der Waals surface area contributed by atoms with Crippen LogP contribution in [-0.2, 0) is 33.9 Å². The first-order chi connectivity index (χ1) is 27.1. The van der Waals surface area contributed by atoms with Crippen molar-refractivity contribution < 1.29 is 50.2 Å². The highest BCUT2D eigenvalue weighted by molar-refractivity contribution is 7.91. The van der Waals surface area contributed by atoms with E-state index in [-0.39, 0.29) is 37.6 Å². The quantitative estimate of drug-likeness (QED) is 0.207. The van der Waals surface area contributed by atoms with E-state index in [2.05, 4.69) is 14.7 Å². The summed E-state index contributed by atoms with van der Waals surface area (Å²) in [6, 6.07) is 6.16. The largest absolute Gasteiger partial charge is 0.472 e. The molecular formula is C41H50F3N5O8S. The number of sulfonamides is 1. The number of aromatic nitrogens is 3. The summed E-state index contributed by atoms with van der Waals surface area (Å²) in [7, 11) is -4.03. The number of esters is 1. The van der Waals surface area contributed by atoms with Crippen molar-refractivity contribution in [2.24, 2.45) is 29.1 Å². The number of benzene rings is 1. The number of nitrogens with zero attached hydrogens (tertiary/aromatic N) is 4. The van der Waals surface area contributed by atoms with Crippen molar-refractivity contribution >= 4 is 50.3 Å². The van der Waals surface area contributed by atoms with Gasteiger partial charge >= 0.3 is 12.1 Å². The van der Waals surface area contributed by atoms with Crippen LogP contribution in [0.1, 0.15) is 92.4 Å². The standard InChI is InChI=1S/C41H50F3N5O8S/c1-24-10-6-7-11-26-21-40(26,36(53)47-58(54,55)39(5)14-15-39)22-32(50)31-19-27(56-34-28-12-8-9-13-30(28)48-17-16-45-37(48)46-34)23-49(31)35(52)29(25(2)18-24)20-33(51)57-38(3,4)41(42,43)44/h7-9,11-13,16-17,24-27,29,31H,6,10,14-15,18-23H2,1-5H3,(H,47,53)/b11-7-/t24-,25-,26-,27-,29+,31+,40-/m1/s1. The number of carbonyl (C=O) groups is 4. The van der Waals surface area contributed by atoms with E-state index in [9.17, 15) is 40.8 Å². The number of amides is 2. The summed E-state index contributed by atoms with van der Waals surface area (Å²) in [5.74, 6) is -4.63. The molecular weight excluding hydrogens is 780 g/mol. The van der Waals surface area contributed by atoms with E-state index in [1.54, 1.807) is 30.6 Å². The molecule has 4 aliphatic rings. The van der Waals surface area contributed by atoms with Crippen LogP contribution in [0, 0.1) is 29.1 Å². The number of imidazole rings is 1. The van der Waals surface area contributed by atoms with Gasteiger partial charge in [0, 0.05) is 25.2 Å². The molecule has 7 rings (SSSR count). The summed E-state index contributed by atoms with van der Waals surface area (Å²) in [5, 5.41) is 0.638. The molecule has 2 amide bonds. The van der Waals surface area contributed by atoms with Gasteiger partial charge in [-0.1, -0.05) is 38.1 Å². The molecule has 3 fully saturated rings. The molecule has 2 aromatic heterocycles. The smallest absolute Gasteiger partial charge is 0.427 e. The Labute approximate surface area is 335 Å². The lowest BCUT2D eigenvalue weighted by Gasteiger charge is -2.33. The number of fused-ring (bicyclic) bond motifs is 5. The van der Waals surface area contributed by atoms with Crippen LogP contribution in [0.2, 0.25) is 0 Å². The lowest BCUT2D eigenvalue weighted by Crippen LogP contribution is -2.48. The van der Waals surface area contributed by atoms with Gasteiger partial charge in [0.2, 0.25) is 39.1 Å². The fourth-order valence-corrected chi connectivity index (χ4v) is 9.81. The molecule has 2 saturated carbocycles. The molecule has 1 saturated heterocycles. The number of carbonyl (C=O) groups excluding carboxylic acids is 4. The molecule has 3 aromatic rings. The van der Waals surface area contributed by atoms with Gasteiger partial charge in [-0.3, -0.25) is 28.3 Å². The van der Waals surface area contributed by atoms with E-state index in [0.717, 1.165) is 19.4 Å². The lowest BCUT2D eigenvalue weighted by molar-refractivity contribution is -0.257. The lowest BCUT2D eigenvalue weighted by atomic mass is 9.82. The predicted octanol–water partition coefficient (Wildman–Crippen LogP) is 6.10. The molecule has 58 heavy (non-hydrogen) atoms. The molecule has 7 atom stereocenters. The average molecular weight is 830 g/mol. The molecule has 2 aliphatic heterocycles. The first-order valence-electron chi connectivity index (χ1n) is 19.9. The van der Waals surface area contributed by atoms with E-state index < -0.39 is 91.8 Å². The summed E-state index contributed by atoms with van der Waals surface area (Å²) < 4.78 is 82.2. The molecule has 1 aromatic carbocycles. The Morgan fingerprint density at radius 1 is 1.09 bits per heavy atom. The van der Waals surface area contributed by atoms with Crippen molar-refractivity contribution in [3.63, 3.8) is 0 Å². The van der Waals surface area contributed by atoms with Gasteiger partial charge in [-0.05, 0) is 89.2 Å². The molecule has 13 nitrogen and oxygen atoms in total. The van der Waals surface area contributed by atoms with Crippen molar-refractivity contribution in [1.82, 2.24) is 24.0 Å². The first-order valence-corrected chi connectivity index (χ1v) is 21.4. The normalized spacial score (nSPS) is 29.8. The van der Waals surface area contributed by atoms with Gasteiger partial charge in [0.15, 0.2) is 5.78 Å². The van der Waals surface area contributed by atoms with Crippen LogP contribution in [0.25, 0.3) is 16.7 Å². The number of Topliss-reactive ketones (excluding diaryl/α,β-unsaturated/α-hetero) is 1. The highest BCUT2D eigenvalue weighted by atomic mass is 32.2. The minimum absolute atomic E-state index is 0.0171. The average Bonchev–Trinajstić information content (AvgIpc) is 3.92. The van der Waals surface area contributed by atoms with Crippen molar-refractivity contribution in [2.75, 3.05) is 6.54 Å². The van der Waals surface area contributed by atoms with Gasteiger partial charge in [-0.2, -0.15) is 18.2 Å². The zero-order chi connectivity index (χ0) is 42.0. The van der Waals surface area contributed by atoms with Crippen molar-refractivity contribution in [2.45, 2.75) is 121 Å². The number of halogens is 3. The third-order valence-corrected chi connectivity index (χ3v) is 14.9. The van der Waals surface area contributed by atoms with Gasteiger partial charge in [0.25, 0.3) is 0 Å². The summed E-state index contributed by atoms with van der Waals surface area (Å²) in [6.45, 7) is 6.65. The highest BCUT2D eigenvalue weighted by Gasteiger charge is 2.63. The van der Waals surface area contributed by atoms with Crippen LogP contribution in [0.4, 0.5) is 13.2 Å². The molecule has 314 valence electrons. The van der Waals surface area contributed by atoms with Crippen molar-refractivity contribution in [3.05, 3.63) is 48.8 Å². The molecule has 1 N–H and O–H groups in total. The topological polar surface area (TPSA) is 166 Å². The van der Waals surface area contributed by atoms with Crippen LogP contribution < -0.4 is 9.46 Å². The second-order valence-electron chi connectivity index (χ2n) is 17.6. The summed E-state index contributed by atoms with van der Waals surface area (Å²) >= 11 is 0. The fraction of sp³-hybridized carbons (Fsp3) is 0.610. The highest BCUT2D eigenvalue weighted by Crippen LogP contribution is 2.58. The molecule has 0 radical (unpaired) electrons. The number of nitrogens with one attached hydrogen (secondary N) is 1. The zero-order valence-electron chi connectivity index (χ0n) is 33.3. The fourth-order valence-electron chi connectivity index (χ4n) is 8.48. The first kappa shape index (κ1) is 41.6. The van der Waals surface area contributed by atoms with E-state index >= 15 is 0 Å². The Morgan fingerprint density at radius 3 is 2.52 bits per heavy atom. The number of ether oxygens (including phenoxy) is 2. The van der Waals surface area contributed by atoms with Crippen LogP contribution in [-0.4, -0.2) is 86.5 Å². The summed E-state index contributed by atoms with van der Waals surface area (Å²) in [5.41, 5.74) is -3.44. The molecule has 4 heterocycles. The molecule has 0 bridgehead atoms. The van der Waals surface area contributed by atoms with Gasteiger partial charge < -0.3 is 14.4 Å². The van der Waals surface area contributed by atoms with Crippen LogP contribution in [0.15, 0.2) is 48.8 Å². The minimum Gasteiger partial charge on any atom is -0.472 e. The number of ketones is 1. The third kappa shape index (κ3) is 7.94. The third-order valence-electron chi connectivity index (χ3n) is 12.7. The Balaban J connectivity index is 1.24. The van der Waals surface area contributed by atoms with E-state index in [0.29, 0.717) is 43.3 Å². The molecule has 0 unspecified atom stereocenters. The SMILES string of the molecule is C[C@@H]1CC/C=C\[C@@H]2C[C@@]2(C(=O)NS(=O)(=O)C2(C)CC2)CC(=O)[C@@H]2C[C@@H](Oc3nc4nccn4c4ccccc34)CN2C(=O)[C@@H](CC(=O)OC(C)(C)C(F)(F)F)[C@H](C)C1. The maximum absolute atomic E-state index is 14.9. The van der Waals surface area contributed by atoms with Gasteiger partial charge in [-0.25, -0.2) is 13.4 Å². The predicted molar refractivity (Wildman–Crippen MR) is 206 cm³/mol. The maximum Gasteiger partial charge on any atom is 0.427 e. The Kier molecular flexibility index (Phi) is 10.7. The summed E-state index contributed by atoms with van der Waals surface area (Å²) in [4.78, 5) is 67.1. The number of hydrogen-bond donors (Lipinski definition) is 1. The monoisotopic (exact) mass is 829 g/mol. The second kappa shape index (κ2) is 14.9. The zero-order valence-corrected chi connectivity index (χ0v) is 34.1. The van der Waals surface area contributed by atoms with Crippen LogP contribution in [0.3, 0.4) is 0 Å². The Hall–Kier alpha value is -4.54. The minimum atomic E-state index is -4.87. The number of allylic oxidation sites excluding steroid dienone is 2. The van der Waals surface area contributed by atoms with Crippen molar-refractivity contribution in [1.29, 1.82) is 0 Å². The Morgan fingerprint density at radius 2 is 1.81 bits per heavy atom. The number of rotatable bonds is 8. The van der Waals surface area contributed by atoms with Crippen LogP contribution in [0.5, 0.6) is 5.88 Å². The van der Waals surface area contributed by atoms with E-state index in [1.165, 1.54) is 4.90 Å². The van der Waals surface area contributed by atoms with Crippen LogP contribution >= 0.6 is 0 Å². The van der Waals surface area contributed by atoms with Gasteiger partial charge in [-0.15, -0.1) is 0 Å². The maximum atomic E-state index is 14.9. The second-order valence-corrected chi connectivity index (χ2v) is 19.8. The van der Waals surface area contributed by atoms with E-state index in [4.69, 9.17) is 9.47 Å². The van der Waals surface area contributed by atoms with Gasteiger partial charge in [0.05, 0.1) is 46.0 Å². The molecule has 2 aliphatic carbocycles. The van der Waals surface area contributed by atoms with E-state index in [1.807, 2.05) is 43.3 Å². The number of alkyl halides is 3. The number of hydrogen-bond acceptors (Lipinski definition) is 10. The van der Waals surface area contributed by atoms with Gasteiger partial charge in [0.1, 0.15) is 6.10 Å². The Bertz CT molecular complexity index is 2270.